The lowest BCUT2D eigenvalue weighted by Crippen LogP contribution is -2.16. The Morgan fingerprint density at radius 2 is 2.00 bits per heavy atom. The highest BCUT2D eigenvalue weighted by Gasteiger charge is 2.00. The molecule has 0 bridgehead atoms. The summed E-state index contributed by atoms with van der Waals surface area (Å²) in [5, 5.41) is 3.37. The van der Waals surface area contributed by atoms with Crippen LogP contribution in [-0.4, -0.2) is 26.0 Å². The largest absolute Gasteiger partial charge is 0.464 e. The molecule has 3 nitrogen and oxygen atoms in total. The maximum Gasteiger partial charge on any atom is 0.117 e. The quantitative estimate of drug-likeness (QED) is 0.625. The molecule has 1 heterocycles. The van der Waals surface area contributed by atoms with Crippen LogP contribution in [0.1, 0.15) is 37.7 Å². The maximum atomic E-state index is 5.67. The van der Waals surface area contributed by atoms with E-state index < -0.39 is 0 Å². The second-order valence-electron chi connectivity index (χ2n) is 4.30. The minimum absolute atomic E-state index is 0.809. The molecule has 0 aliphatic carbocycles. The Labute approximate surface area is 115 Å². The smallest absolute Gasteiger partial charge is 0.117 e. The predicted molar refractivity (Wildman–Crippen MR) is 78.0 cm³/mol. The summed E-state index contributed by atoms with van der Waals surface area (Å²) in [6, 6.07) is 4.11. The van der Waals surface area contributed by atoms with E-state index >= 15 is 0 Å². The third-order valence-electron chi connectivity index (χ3n) is 2.59. The lowest BCUT2D eigenvalue weighted by atomic mass is 10.3. The van der Waals surface area contributed by atoms with Crippen LogP contribution >= 0.6 is 11.8 Å². The lowest BCUT2D eigenvalue weighted by Gasteiger charge is -2.04. The van der Waals surface area contributed by atoms with Gasteiger partial charge in [-0.05, 0) is 37.8 Å². The highest BCUT2D eigenvalue weighted by Crippen LogP contribution is 2.13. The summed E-state index contributed by atoms with van der Waals surface area (Å²) in [4.78, 5) is 0. The molecule has 4 heteroatoms. The molecule has 1 rings (SSSR count). The summed E-state index contributed by atoms with van der Waals surface area (Å²) in [7, 11) is 0. The van der Waals surface area contributed by atoms with E-state index in [4.69, 9.17) is 9.15 Å². The van der Waals surface area contributed by atoms with Gasteiger partial charge in [-0.25, -0.2) is 0 Å². The number of hydrogen-bond acceptors (Lipinski definition) is 4. The molecule has 0 saturated heterocycles. The van der Waals surface area contributed by atoms with Crippen molar-refractivity contribution >= 4 is 11.8 Å². The van der Waals surface area contributed by atoms with E-state index in [-0.39, 0.29) is 0 Å². The van der Waals surface area contributed by atoms with Crippen molar-refractivity contribution in [3.8, 4) is 0 Å². The normalized spacial score (nSPS) is 11.0. The van der Waals surface area contributed by atoms with Gasteiger partial charge in [0.2, 0.25) is 0 Å². The van der Waals surface area contributed by atoms with Gasteiger partial charge in [-0.1, -0.05) is 13.3 Å². The van der Waals surface area contributed by atoms with Crippen LogP contribution in [0, 0.1) is 0 Å². The van der Waals surface area contributed by atoms with Crippen LogP contribution in [0.3, 0.4) is 0 Å². The number of ether oxygens (including phenoxy) is 1. The van der Waals surface area contributed by atoms with Gasteiger partial charge in [0.05, 0.1) is 12.3 Å². The van der Waals surface area contributed by atoms with E-state index in [1.54, 1.807) is 11.8 Å². The Morgan fingerprint density at radius 1 is 1.22 bits per heavy atom. The van der Waals surface area contributed by atoms with Crippen LogP contribution in [0.2, 0.25) is 0 Å². The zero-order chi connectivity index (χ0) is 13.1. The molecule has 0 aliphatic heterocycles. The SMILES string of the molecule is CCCCOCCCNCc1ccc(CSC)o1. The molecular formula is C14H25NO2S. The first-order valence-corrected chi connectivity index (χ1v) is 8.11. The Hall–Kier alpha value is -0.450. The predicted octanol–water partition coefficient (Wildman–Crippen LogP) is 3.44. The first-order chi connectivity index (χ1) is 8.86. The molecule has 0 unspecified atom stereocenters. The van der Waals surface area contributed by atoms with Gasteiger partial charge >= 0.3 is 0 Å². The highest BCUT2D eigenvalue weighted by atomic mass is 32.2. The van der Waals surface area contributed by atoms with E-state index in [1.165, 1.54) is 6.42 Å². The second kappa shape index (κ2) is 10.5. The molecular weight excluding hydrogens is 246 g/mol. The summed E-state index contributed by atoms with van der Waals surface area (Å²) in [6.45, 7) is 5.71. The Kier molecular flexibility index (Phi) is 9.08. The van der Waals surface area contributed by atoms with Gasteiger partial charge in [0.1, 0.15) is 11.5 Å². The number of nitrogens with one attached hydrogen (secondary N) is 1. The van der Waals surface area contributed by atoms with Crippen LogP contribution in [-0.2, 0) is 17.0 Å². The van der Waals surface area contributed by atoms with Gasteiger partial charge in [-0.2, -0.15) is 11.8 Å². The van der Waals surface area contributed by atoms with Crippen LogP contribution in [0.4, 0.5) is 0 Å². The summed E-state index contributed by atoms with van der Waals surface area (Å²) in [6.07, 6.45) is 5.51. The fourth-order valence-electron chi connectivity index (χ4n) is 1.60. The number of hydrogen-bond donors (Lipinski definition) is 1. The molecule has 1 aromatic heterocycles. The minimum atomic E-state index is 0.809. The fraction of sp³-hybridized carbons (Fsp3) is 0.714. The molecule has 0 spiro atoms. The summed E-state index contributed by atoms with van der Waals surface area (Å²) >= 11 is 1.78. The average molecular weight is 271 g/mol. The van der Waals surface area contributed by atoms with Crippen molar-refractivity contribution in [2.45, 2.75) is 38.5 Å². The molecule has 0 aromatic carbocycles. The molecule has 0 radical (unpaired) electrons. The Bertz CT molecular complexity index is 302. The topological polar surface area (TPSA) is 34.4 Å². The molecule has 18 heavy (non-hydrogen) atoms. The zero-order valence-corrected chi connectivity index (χ0v) is 12.4. The summed E-state index contributed by atoms with van der Waals surface area (Å²) in [5.74, 6) is 3.03. The van der Waals surface area contributed by atoms with E-state index in [9.17, 15) is 0 Å². The molecule has 104 valence electrons. The van der Waals surface area contributed by atoms with Gasteiger partial charge < -0.3 is 14.5 Å². The van der Waals surface area contributed by atoms with E-state index in [2.05, 4.69) is 30.6 Å². The first-order valence-electron chi connectivity index (χ1n) is 6.71. The molecule has 0 amide bonds. The number of rotatable bonds is 11. The Morgan fingerprint density at radius 3 is 2.78 bits per heavy atom. The van der Waals surface area contributed by atoms with Crippen molar-refractivity contribution in [2.75, 3.05) is 26.0 Å². The maximum absolute atomic E-state index is 5.67. The molecule has 1 N–H and O–H groups in total. The summed E-state index contributed by atoms with van der Waals surface area (Å²) in [5.41, 5.74) is 0. The van der Waals surface area contributed by atoms with Crippen molar-refractivity contribution in [1.82, 2.24) is 5.32 Å². The van der Waals surface area contributed by atoms with Crippen molar-refractivity contribution in [1.29, 1.82) is 0 Å². The number of unbranched alkanes of at least 4 members (excludes halogenated alkanes) is 1. The third kappa shape index (κ3) is 7.09. The van der Waals surface area contributed by atoms with Crippen molar-refractivity contribution in [3.63, 3.8) is 0 Å². The number of thioether (sulfide) groups is 1. The van der Waals surface area contributed by atoms with Crippen molar-refractivity contribution < 1.29 is 9.15 Å². The number of furan rings is 1. The van der Waals surface area contributed by atoms with Gasteiger partial charge in [-0.15, -0.1) is 0 Å². The van der Waals surface area contributed by atoms with E-state index in [1.807, 2.05) is 0 Å². The standard InChI is InChI=1S/C14H25NO2S/c1-3-4-9-16-10-5-8-15-11-13-6-7-14(17-13)12-18-2/h6-7,15H,3-5,8-12H2,1-2H3. The monoisotopic (exact) mass is 271 g/mol. The van der Waals surface area contributed by atoms with Gasteiger partial charge in [0, 0.05) is 13.2 Å². The first kappa shape index (κ1) is 15.6. The lowest BCUT2D eigenvalue weighted by molar-refractivity contribution is 0.128. The molecule has 0 saturated carbocycles. The zero-order valence-electron chi connectivity index (χ0n) is 11.5. The van der Waals surface area contributed by atoms with Crippen LogP contribution in [0.5, 0.6) is 0 Å². The van der Waals surface area contributed by atoms with Gasteiger partial charge in [0.15, 0.2) is 0 Å². The molecule has 0 atom stereocenters. The van der Waals surface area contributed by atoms with Crippen molar-refractivity contribution in [2.24, 2.45) is 0 Å². The third-order valence-corrected chi connectivity index (χ3v) is 3.16. The average Bonchev–Trinajstić information content (AvgIpc) is 2.81. The fourth-order valence-corrected chi connectivity index (χ4v) is 2.04. The van der Waals surface area contributed by atoms with Crippen LogP contribution in [0.15, 0.2) is 16.5 Å². The minimum Gasteiger partial charge on any atom is -0.464 e. The van der Waals surface area contributed by atoms with Crippen LogP contribution in [0.25, 0.3) is 0 Å². The van der Waals surface area contributed by atoms with Gasteiger partial charge in [0.25, 0.3) is 0 Å². The Balaban J connectivity index is 1.96. The molecule has 0 fully saturated rings. The van der Waals surface area contributed by atoms with Gasteiger partial charge in [-0.3, -0.25) is 0 Å². The summed E-state index contributed by atoms with van der Waals surface area (Å²) < 4.78 is 11.2. The van der Waals surface area contributed by atoms with E-state index in [0.29, 0.717) is 0 Å². The van der Waals surface area contributed by atoms with Crippen molar-refractivity contribution in [3.05, 3.63) is 23.7 Å². The van der Waals surface area contributed by atoms with Crippen LogP contribution < -0.4 is 5.32 Å². The molecule has 1 aromatic rings. The van der Waals surface area contributed by atoms with E-state index in [0.717, 1.165) is 56.4 Å². The molecule has 0 aliphatic rings. The second-order valence-corrected chi connectivity index (χ2v) is 5.16. The highest BCUT2D eigenvalue weighted by molar-refractivity contribution is 7.97.